The van der Waals surface area contributed by atoms with Crippen LogP contribution in [-0.4, -0.2) is 24.3 Å². The smallest absolute Gasteiger partial charge is 0.338 e. The molecule has 4 aromatic rings. The van der Waals surface area contributed by atoms with E-state index in [1.54, 1.807) is 68.5 Å². The molecule has 210 valence electrons. The molecule has 2 heterocycles. The van der Waals surface area contributed by atoms with Gasteiger partial charge in [-0.05, 0) is 55.3 Å². The van der Waals surface area contributed by atoms with Crippen molar-refractivity contribution in [3.63, 3.8) is 0 Å². The topological polar surface area (TPSA) is 79.1 Å². The predicted octanol–water partition coefficient (Wildman–Crippen LogP) is 5.18. The maximum absolute atomic E-state index is 14.0. The van der Waals surface area contributed by atoms with E-state index < -0.39 is 12.0 Å². The summed E-state index contributed by atoms with van der Waals surface area (Å²) < 4.78 is 32.2. The van der Waals surface area contributed by atoms with Crippen LogP contribution in [0.2, 0.25) is 5.02 Å². The van der Waals surface area contributed by atoms with Crippen molar-refractivity contribution in [3.05, 3.63) is 125 Å². The Kier molecular flexibility index (Phi) is 8.37. The summed E-state index contributed by atoms with van der Waals surface area (Å²) in [6, 6.07) is 17.6. The number of halogens is 2. The fourth-order valence-electron chi connectivity index (χ4n) is 4.62. The second kappa shape index (κ2) is 12.1. The Morgan fingerprint density at radius 2 is 1.88 bits per heavy atom. The van der Waals surface area contributed by atoms with Gasteiger partial charge in [-0.15, -0.1) is 0 Å². The molecule has 0 spiro atoms. The molecule has 1 aliphatic rings. The zero-order chi connectivity index (χ0) is 29.1. The molecule has 0 radical (unpaired) electrons. The molecule has 0 bridgehead atoms. The van der Waals surface area contributed by atoms with E-state index in [0.29, 0.717) is 42.7 Å². The van der Waals surface area contributed by atoms with Gasteiger partial charge < -0.3 is 14.2 Å². The third kappa shape index (κ3) is 5.68. The summed E-state index contributed by atoms with van der Waals surface area (Å²) in [5.74, 6) is 0.00926. The molecule has 0 saturated carbocycles. The molecule has 0 saturated heterocycles. The number of thiazole rings is 1. The van der Waals surface area contributed by atoms with Gasteiger partial charge in [-0.3, -0.25) is 9.36 Å². The van der Waals surface area contributed by atoms with Gasteiger partial charge in [0.05, 0.1) is 29.5 Å². The molecule has 1 aromatic heterocycles. The number of aromatic nitrogens is 1. The lowest BCUT2D eigenvalue weighted by molar-refractivity contribution is -0.139. The van der Waals surface area contributed by atoms with Crippen molar-refractivity contribution >= 4 is 35.0 Å². The fourth-order valence-corrected chi connectivity index (χ4v) is 5.90. The van der Waals surface area contributed by atoms with Gasteiger partial charge in [-0.25, -0.2) is 14.2 Å². The molecule has 3 aromatic carbocycles. The van der Waals surface area contributed by atoms with Crippen LogP contribution in [0.4, 0.5) is 4.39 Å². The number of benzene rings is 3. The summed E-state index contributed by atoms with van der Waals surface area (Å²) in [4.78, 5) is 32.1. The van der Waals surface area contributed by atoms with E-state index in [1.165, 1.54) is 35.1 Å². The normalized spacial score (nSPS) is 14.9. The SMILES string of the molecule is CCOC(=O)C1=C(C)N=c2s/c(=C\c3cccc(OC)c3OCc3ccc(F)cc3)c(=O)n2[C@@H]1c1ccccc1Cl. The molecule has 0 N–H and O–H groups in total. The number of nitrogens with zero attached hydrogens (tertiary/aromatic N) is 2. The lowest BCUT2D eigenvalue weighted by Crippen LogP contribution is -2.40. The second-order valence-corrected chi connectivity index (χ2v) is 10.5. The first kappa shape index (κ1) is 28.3. The molecule has 0 fully saturated rings. The van der Waals surface area contributed by atoms with E-state index in [9.17, 15) is 14.0 Å². The summed E-state index contributed by atoms with van der Waals surface area (Å²) in [6.07, 6.45) is 1.71. The third-order valence-corrected chi connectivity index (χ3v) is 7.86. The summed E-state index contributed by atoms with van der Waals surface area (Å²) in [5.41, 5.74) is 2.32. The molecular weight excluding hydrogens is 567 g/mol. The van der Waals surface area contributed by atoms with Crippen molar-refractivity contribution in [2.24, 2.45) is 4.99 Å². The summed E-state index contributed by atoms with van der Waals surface area (Å²) in [5, 5.41) is 0.410. The number of hydrogen-bond acceptors (Lipinski definition) is 7. The van der Waals surface area contributed by atoms with Crippen molar-refractivity contribution in [3.8, 4) is 11.5 Å². The average Bonchev–Trinajstić information content (AvgIpc) is 3.26. The molecule has 10 heteroatoms. The maximum atomic E-state index is 14.0. The van der Waals surface area contributed by atoms with E-state index in [1.807, 2.05) is 6.07 Å². The minimum Gasteiger partial charge on any atom is -0.493 e. The Labute approximate surface area is 244 Å². The number of fused-ring (bicyclic) bond motifs is 1. The Morgan fingerprint density at radius 1 is 1.12 bits per heavy atom. The number of para-hydroxylation sites is 1. The van der Waals surface area contributed by atoms with E-state index >= 15 is 0 Å². The number of carbonyl (C=O) groups is 1. The third-order valence-electron chi connectivity index (χ3n) is 6.53. The van der Waals surface area contributed by atoms with Gasteiger partial charge >= 0.3 is 5.97 Å². The van der Waals surface area contributed by atoms with E-state index in [-0.39, 0.29) is 30.2 Å². The van der Waals surface area contributed by atoms with Crippen LogP contribution in [0.25, 0.3) is 6.08 Å². The molecule has 1 atom stereocenters. The number of allylic oxidation sites excluding steroid dienone is 1. The van der Waals surface area contributed by atoms with E-state index in [4.69, 9.17) is 25.8 Å². The second-order valence-electron chi connectivity index (χ2n) is 9.12. The van der Waals surface area contributed by atoms with Gasteiger partial charge in [0.1, 0.15) is 18.5 Å². The molecule has 1 aliphatic heterocycles. The quantitative estimate of drug-likeness (QED) is 0.264. The highest BCUT2D eigenvalue weighted by atomic mass is 35.5. The predicted molar refractivity (Wildman–Crippen MR) is 156 cm³/mol. The van der Waals surface area contributed by atoms with Crippen molar-refractivity contribution in [1.29, 1.82) is 0 Å². The fraction of sp³-hybridized carbons (Fsp3) is 0.194. The van der Waals surface area contributed by atoms with Crippen LogP contribution in [0.3, 0.4) is 0 Å². The number of ether oxygens (including phenoxy) is 3. The Balaban J connectivity index is 1.64. The minimum atomic E-state index is -0.819. The molecule has 41 heavy (non-hydrogen) atoms. The summed E-state index contributed by atoms with van der Waals surface area (Å²) in [7, 11) is 1.53. The first-order valence-corrected chi connectivity index (χ1v) is 14.0. The number of esters is 1. The Hall–Kier alpha value is -4.21. The first-order valence-electron chi connectivity index (χ1n) is 12.8. The lowest BCUT2D eigenvalue weighted by Gasteiger charge is -2.25. The zero-order valence-corrected chi connectivity index (χ0v) is 24.1. The highest BCUT2D eigenvalue weighted by Gasteiger charge is 2.34. The van der Waals surface area contributed by atoms with Crippen molar-refractivity contribution in [2.45, 2.75) is 26.5 Å². The van der Waals surface area contributed by atoms with Crippen molar-refractivity contribution in [2.75, 3.05) is 13.7 Å². The lowest BCUT2D eigenvalue weighted by atomic mass is 9.96. The highest BCUT2D eigenvalue weighted by Crippen LogP contribution is 2.35. The van der Waals surface area contributed by atoms with Gasteiger partial charge in [0, 0.05) is 10.6 Å². The van der Waals surface area contributed by atoms with Crippen LogP contribution in [-0.2, 0) is 16.1 Å². The zero-order valence-electron chi connectivity index (χ0n) is 22.5. The maximum Gasteiger partial charge on any atom is 0.338 e. The van der Waals surface area contributed by atoms with Gasteiger partial charge in [0.25, 0.3) is 5.56 Å². The molecule has 7 nitrogen and oxygen atoms in total. The molecular formula is C31H26ClFN2O5S. The molecule has 0 amide bonds. The van der Waals surface area contributed by atoms with Gasteiger partial charge in [-0.1, -0.05) is 65.4 Å². The standard InChI is InChI=1S/C31H26ClFN2O5S/c1-4-39-30(37)26-18(2)34-31-35(27(26)22-9-5-6-10-23(22)32)29(36)25(41-31)16-20-8-7-11-24(38-3)28(20)40-17-19-12-14-21(33)15-13-19/h5-16,27H,4,17H2,1-3H3/b25-16-/t27-/m1/s1. The number of rotatable bonds is 8. The number of hydrogen-bond donors (Lipinski definition) is 0. The van der Waals surface area contributed by atoms with Crippen LogP contribution >= 0.6 is 22.9 Å². The Bertz CT molecular complexity index is 1830. The van der Waals surface area contributed by atoms with Gasteiger partial charge in [-0.2, -0.15) is 0 Å². The van der Waals surface area contributed by atoms with E-state index in [2.05, 4.69) is 4.99 Å². The summed E-state index contributed by atoms with van der Waals surface area (Å²) >= 11 is 7.77. The minimum absolute atomic E-state index is 0.164. The first-order chi connectivity index (χ1) is 19.8. The average molecular weight is 593 g/mol. The van der Waals surface area contributed by atoms with Crippen LogP contribution in [0.15, 0.2) is 87.8 Å². The molecule has 0 unspecified atom stereocenters. The van der Waals surface area contributed by atoms with Crippen LogP contribution in [0, 0.1) is 5.82 Å². The largest absolute Gasteiger partial charge is 0.493 e. The van der Waals surface area contributed by atoms with Crippen molar-refractivity contribution in [1.82, 2.24) is 4.57 Å². The number of methoxy groups -OCH3 is 1. The van der Waals surface area contributed by atoms with Gasteiger partial charge in [0.2, 0.25) is 0 Å². The van der Waals surface area contributed by atoms with E-state index in [0.717, 1.165) is 5.56 Å². The molecule has 5 rings (SSSR count). The Morgan fingerprint density at radius 3 is 2.59 bits per heavy atom. The highest BCUT2D eigenvalue weighted by molar-refractivity contribution is 7.07. The molecule has 0 aliphatic carbocycles. The van der Waals surface area contributed by atoms with Crippen LogP contribution < -0.4 is 24.4 Å². The monoisotopic (exact) mass is 592 g/mol. The van der Waals surface area contributed by atoms with Crippen molar-refractivity contribution < 1.29 is 23.4 Å². The van der Waals surface area contributed by atoms with Gasteiger partial charge in [0.15, 0.2) is 16.3 Å². The van der Waals surface area contributed by atoms with Crippen LogP contribution in [0.5, 0.6) is 11.5 Å². The number of carbonyl (C=O) groups excluding carboxylic acids is 1. The van der Waals surface area contributed by atoms with Crippen LogP contribution in [0.1, 0.15) is 36.6 Å². The summed E-state index contributed by atoms with van der Waals surface area (Å²) in [6.45, 7) is 3.77.